The number of benzene rings is 1. The predicted octanol–water partition coefficient (Wildman–Crippen LogP) is 4.71. The molecule has 2 aromatic rings. The van der Waals surface area contributed by atoms with Gasteiger partial charge in [-0.1, -0.05) is 11.6 Å². The minimum Gasteiger partial charge on any atom is -0.449 e. The summed E-state index contributed by atoms with van der Waals surface area (Å²) in [4.78, 5) is 16.2. The van der Waals surface area contributed by atoms with E-state index < -0.39 is 29.5 Å². The van der Waals surface area contributed by atoms with Crippen LogP contribution < -0.4 is 0 Å². The van der Waals surface area contributed by atoms with Crippen LogP contribution >= 0.6 is 11.6 Å². The van der Waals surface area contributed by atoms with Crippen LogP contribution in [0.3, 0.4) is 0 Å². The molecule has 30 heavy (non-hydrogen) atoms. The lowest BCUT2D eigenvalue weighted by atomic mass is 9.94. The van der Waals surface area contributed by atoms with Crippen LogP contribution in [0.1, 0.15) is 53.3 Å². The van der Waals surface area contributed by atoms with Gasteiger partial charge >= 0.3 is 6.18 Å². The number of rotatable bonds is 4. The van der Waals surface area contributed by atoms with Crippen molar-refractivity contribution in [2.45, 2.75) is 44.0 Å². The minimum atomic E-state index is -4.61. The molecule has 1 N–H and O–H groups in total. The van der Waals surface area contributed by atoms with E-state index in [1.807, 2.05) is 0 Å². The van der Waals surface area contributed by atoms with Crippen molar-refractivity contribution in [1.29, 1.82) is 0 Å². The van der Waals surface area contributed by atoms with Gasteiger partial charge in [0.15, 0.2) is 0 Å². The molecule has 1 aliphatic carbocycles. The SMILES string of the molecule is CN(C)C(O)C1CCN(C(=O)c2oc3c(C(F)(F)F)cc(C4CC4)cc3c2Cl)CC1. The number of fused-ring (bicyclic) bond motifs is 1. The highest BCUT2D eigenvalue weighted by Crippen LogP contribution is 2.47. The number of nitrogens with zero attached hydrogens (tertiary/aromatic N) is 2. The zero-order valence-corrected chi connectivity index (χ0v) is 17.6. The number of likely N-dealkylation sites (tertiary alicyclic amines) is 1. The van der Waals surface area contributed by atoms with Crippen molar-refractivity contribution in [3.05, 3.63) is 34.0 Å². The van der Waals surface area contributed by atoms with E-state index in [1.54, 1.807) is 25.1 Å². The van der Waals surface area contributed by atoms with Gasteiger partial charge in [0.2, 0.25) is 5.76 Å². The Labute approximate surface area is 177 Å². The molecule has 1 aromatic heterocycles. The number of aliphatic hydroxyl groups is 1. The normalized spacial score (nSPS) is 19.7. The van der Waals surface area contributed by atoms with Gasteiger partial charge in [-0.15, -0.1) is 0 Å². The number of carbonyl (C=O) groups excluding carboxylic acids is 1. The minimum absolute atomic E-state index is 0.0214. The molecule has 2 heterocycles. The number of piperidine rings is 1. The van der Waals surface area contributed by atoms with E-state index in [9.17, 15) is 23.1 Å². The molecule has 1 atom stereocenters. The van der Waals surface area contributed by atoms with Gasteiger partial charge in [-0.2, -0.15) is 13.2 Å². The molecule has 0 bridgehead atoms. The predicted molar refractivity (Wildman–Crippen MR) is 107 cm³/mol. The van der Waals surface area contributed by atoms with Crippen LogP contribution in [-0.4, -0.2) is 54.2 Å². The molecular formula is C21H24ClF3N2O3. The maximum Gasteiger partial charge on any atom is 0.420 e. The summed E-state index contributed by atoms with van der Waals surface area (Å²) in [6, 6.07) is 2.73. The summed E-state index contributed by atoms with van der Waals surface area (Å²) >= 11 is 6.36. The molecule has 1 saturated carbocycles. The molecule has 2 fully saturated rings. The first kappa shape index (κ1) is 21.5. The first-order valence-corrected chi connectivity index (χ1v) is 10.4. The van der Waals surface area contributed by atoms with Gasteiger partial charge in [-0.05, 0) is 63.4 Å². The van der Waals surface area contributed by atoms with Crippen molar-refractivity contribution in [1.82, 2.24) is 9.80 Å². The summed E-state index contributed by atoms with van der Waals surface area (Å²) in [7, 11) is 3.56. The first-order valence-electron chi connectivity index (χ1n) is 10.0. The summed E-state index contributed by atoms with van der Waals surface area (Å²) in [6.45, 7) is 0.752. The molecule has 0 spiro atoms. The number of carbonyl (C=O) groups is 1. The fourth-order valence-electron chi connectivity index (χ4n) is 4.16. The second-order valence-electron chi connectivity index (χ2n) is 8.47. The summed E-state index contributed by atoms with van der Waals surface area (Å²) in [5.41, 5.74) is -0.705. The van der Waals surface area contributed by atoms with E-state index in [0.29, 0.717) is 31.5 Å². The van der Waals surface area contributed by atoms with Gasteiger partial charge in [0, 0.05) is 24.4 Å². The number of hydrogen-bond acceptors (Lipinski definition) is 4. The first-order chi connectivity index (χ1) is 14.1. The summed E-state index contributed by atoms with van der Waals surface area (Å²) < 4.78 is 46.3. The highest BCUT2D eigenvalue weighted by molar-refractivity contribution is 6.38. The van der Waals surface area contributed by atoms with Crippen LogP contribution in [0.4, 0.5) is 13.2 Å². The van der Waals surface area contributed by atoms with E-state index in [-0.39, 0.29) is 28.0 Å². The summed E-state index contributed by atoms with van der Waals surface area (Å²) in [5, 5.41) is 10.3. The third kappa shape index (κ3) is 3.92. The zero-order valence-electron chi connectivity index (χ0n) is 16.8. The molecule has 4 rings (SSSR count). The Kier molecular flexibility index (Phi) is 5.53. The molecular weight excluding hydrogens is 421 g/mol. The van der Waals surface area contributed by atoms with Crippen molar-refractivity contribution >= 4 is 28.5 Å². The van der Waals surface area contributed by atoms with Crippen LogP contribution in [0.15, 0.2) is 16.5 Å². The van der Waals surface area contributed by atoms with Gasteiger partial charge in [-0.25, -0.2) is 0 Å². The molecule has 1 amide bonds. The molecule has 0 radical (unpaired) electrons. The zero-order chi connectivity index (χ0) is 21.8. The average Bonchev–Trinajstić information content (AvgIpc) is 3.50. The number of halogens is 4. The van der Waals surface area contributed by atoms with Crippen LogP contribution in [0.2, 0.25) is 5.02 Å². The number of furan rings is 1. The molecule has 5 nitrogen and oxygen atoms in total. The van der Waals surface area contributed by atoms with E-state index in [2.05, 4.69) is 0 Å². The van der Waals surface area contributed by atoms with Crippen molar-refractivity contribution < 1.29 is 27.5 Å². The smallest absolute Gasteiger partial charge is 0.420 e. The van der Waals surface area contributed by atoms with E-state index in [4.69, 9.17) is 16.0 Å². The highest BCUT2D eigenvalue weighted by Gasteiger charge is 2.39. The second kappa shape index (κ2) is 7.73. The maximum absolute atomic E-state index is 13.6. The fraction of sp³-hybridized carbons (Fsp3) is 0.571. The molecule has 164 valence electrons. The van der Waals surface area contributed by atoms with Crippen LogP contribution in [-0.2, 0) is 6.18 Å². The van der Waals surface area contributed by atoms with E-state index in [0.717, 1.165) is 18.9 Å². The standard InChI is InChI=1S/C21H24ClF3N2O3/c1-26(2)19(28)12-5-7-27(8-6-12)20(29)18-16(22)14-9-13(11-3-4-11)10-15(17(14)30-18)21(23,24)25/h9-12,19,28H,3-8H2,1-2H3. The van der Waals surface area contributed by atoms with Gasteiger partial charge in [-0.3, -0.25) is 9.69 Å². The van der Waals surface area contributed by atoms with Crippen LogP contribution in [0.25, 0.3) is 11.0 Å². The molecule has 1 aromatic carbocycles. The monoisotopic (exact) mass is 444 g/mol. The van der Waals surface area contributed by atoms with E-state index >= 15 is 0 Å². The molecule has 9 heteroatoms. The van der Waals surface area contributed by atoms with Gasteiger partial charge < -0.3 is 14.4 Å². The van der Waals surface area contributed by atoms with Gasteiger partial charge in [0.25, 0.3) is 5.91 Å². The average molecular weight is 445 g/mol. The quantitative estimate of drug-likeness (QED) is 0.693. The lowest BCUT2D eigenvalue weighted by Crippen LogP contribution is -2.44. The third-order valence-electron chi connectivity index (χ3n) is 6.08. The van der Waals surface area contributed by atoms with Gasteiger partial charge in [0.1, 0.15) is 11.8 Å². The largest absolute Gasteiger partial charge is 0.449 e. The van der Waals surface area contributed by atoms with Crippen LogP contribution in [0.5, 0.6) is 0 Å². The van der Waals surface area contributed by atoms with Crippen molar-refractivity contribution in [2.24, 2.45) is 5.92 Å². The molecule has 1 aliphatic heterocycles. The van der Waals surface area contributed by atoms with Crippen molar-refractivity contribution in [3.63, 3.8) is 0 Å². The highest BCUT2D eigenvalue weighted by atomic mass is 35.5. The van der Waals surface area contributed by atoms with Crippen molar-refractivity contribution in [3.8, 4) is 0 Å². The summed E-state index contributed by atoms with van der Waals surface area (Å²) in [5.74, 6) is -0.650. The fourth-order valence-corrected chi connectivity index (χ4v) is 4.42. The number of hydrogen-bond donors (Lipinski definition) is 1. The maximum atomic E-state index is 13.6. The number of aliphatic hydroxyl groups excluding tert-OH is 1. The number of amides is 1. The van der Waals surface area contributed by atoms with Crippen molar-refractivity contribution in [2.75, 3.05) is 27.2 Å². The Morgan fingerprint density at radius 1 is 1.23 bits per heavy atom. The second-order valence-corrected chi connectivity index (χ2v) is 8.85. The lowest BCUT2D eigenvalue weighted by Gasteiger charge is -2.35. The molecule has 1 unspecified atom stereocenters. The third-order valence-corrected chi connectivity index (χ3v) is 6.45. The topological polar surface area (TPSA) is 56.9 Å². The lowest BCUT2D eigenvalue weighted by molar-refractivity contribution is -0.136. The summed E-state index contributed by atoms with van der Waals surface area (Å²) in [6.07, 6.45) is -2.35. The Hall–Kier alpha value is -1.77. The van der Waals surface area contributed by atoms with E-state index in [1.165, 1.54) is 4.90 Å². The van der Waals surface area contributed by atoms with Gasteiger partial charge in [0.05, 0.1) is 10.6 Å². The van der Waals surface area contributed by atoms with Crippen LogP contribution in [0, 0.1) is 5.92 Å². The molecule has 2 aliphatic rings. The Balaban J connectivity index is 1.63. The Morgan fingerprint density at radius 3 is 2.40 bits per heavy atom. The Morgan fingerprint density at radius 2 is 1.87 bits per heavy atom. The number of alkyl halides is 3. The Bertz CT molecular complexity index is 961. The molecule has 1 saturated heterocycles.